The van der Waals surface area contributed by atoms with E-state index < -0.39 is 11.7 Å². The number of rotatable bonds is 2. The van der Waals surface area contributed by atoms with Gasteiger partial charge in [-0.25, -0.2) is 4.39 Å². The van der Waals surface area contributed by atoms with Crippen LogP contribution >= 0.6 is 0 Å². The number of hydrogen-bond acceptors (Lipinski definition) is 2. The number of amides is 1. The van der Waals surface area contributed by atoms with Gasteiger partial charge in [-0.3, -0.25) is 4.79 Å². The lowest BCUT2D eigenvalue weighted by Gasteiger charge is -2.10. The van der Waals surface area contributed by atoms with Crippen molar-refractivity contribution in [3.63, 3.8) is 0 Å². The van der Waals surface area contributed by atoms with Crippen molar-refractivity contribution < 1.29 is 9.18 Å². The minimum Gasteiger partial charge on any atom is -0.370 e. The van der Waals surface area contributed by atoms with Crippen LogP contribution in [-0.4, -0.2) is 11.9 Å². The van der Waals surface area contributed by atoms with E-state index >= 15 is 0 Å². The van der Waals surface area contributed by atoms with Gasteiger partial charge in [0.25, 0.3) is 5.91 Å². The van der Waals surface area contributed by atoms with E-state index in [1.165, 1.54) is 6.07 Å². The summed E-state index contributed by atoms with van der Waals surface area (Å²) in [6.07, 6.45) is 0. The van der Waals surface area contributed by atoms with Crippen molar-refractivity contribution >= 4 is 22.6 Å². The number of carbonyl (C=O) groups excluding carboxylic acids is 1. The van der Waals surface area contributed by atoms with E-state index in [1.807, 2.05) is 12.1 Å². The zero-order chi connectivity index (χ0) is 18.0. The number of hydrogen-bond donors (Lipinski definition) is 2. The number of aliphatic imine (C=N–C) groups is 1. The van der Waals surface area contributed by atoms with Crippen LogP contribution in [0.15, 0.2) is 59.6 Å². The summed E-state index contributed by atoms with van der Waals surface area (Å²) < 4.78 is 14.6. The molecule has 3 aromatic rings. The molecule has 0 saturated carbocycles. The minimum absolute atomic E-state index is 0.0396. The lowest BCUT2D eigenvalue weighted by atomic mass is 9.95. The molecule has 0 unspecified atom stereocenters. The first-order valence-electron chi connectivity index (χ1n) is 7.37. The Balaban J connectivity index is 2.25. The topological polar surface area (TPSA) is 105 Å². The summed E-state index contributed by atoms with van der Waals surface area (Å²) in [7, 11) is 0. The number of nitrogens with zero attached hydrogens (tertiary/aromatic N) is 2. The van der Waals surface area contributed by atoms with E-state index in [0.717, 1.165) is 5.39 Å². The van der Waals surface area contributed by atoms with Gasteiger partial charge in [-0.05, 0) is 34.5 Å². The Kier molecular flexibility index (Phi) is 4.14. The van der Waals surface area contributed by atoms with Crippen LogP contribution in [0.2, 0.25) is 0 Å². The zero-order valence-electron chi connectivity index (χ0n) is 13.0. The predicted molar refractivity (Wildman–Crippen MR) is 94.2 cm³/mol. The van der Waals surface area contributed by atoms with Crippen molar-refractivity contribution in [2.45, 2.75) is 0 Å². The molecule has 5 nitrogen and oxygen atoms in total. The molecule has 0 heterocycles. The highest BCUT2D eigenvalue weighted by Crippen LogP contribution is 2.32. The standard InChI is InChI=1S/C19H13FN4O/c20-17-13(10-21)4-2-6-15(17)14-5-1-3-11-7-8-12(9-16(11)14)18(25)24-19(22)23/h1-9H,(H4,22,23,24,25). The van der Waals surface area contributed by atoms with E-state index in [9.17, 15) is 9.18 Å². The molecule has 1 amide bonds. The van der Waals surface area contributed by atoms with E-state index in [2.05, 4.69) is 4.99 Å². The van der Waals surface area contributed by atoms with E-state index in [-0.39, 0.29) is 22.6 Å². The Hall–Kier alpha value is -3.72. The molecule has 3 aromatic carbocycles. The lowest BCUT2D eigenvalue weighted by Crippen LogP contribution is -2.24. The van der Waals surface area contributed by atoms with Crippen molar-refractivity contribution in [3.8, 4) is 17.2 Å². The van der Waals surface area contributed by atoms with Crippen molar-refractivity contribution in [1.82, 2.24) is 0 Å². The van der Waals surface area contributed by atoms with Crippen molar-refractivity contribution in [1.29, 1.82) is 5.26 Å². The van der Waals surface area contributed by atoms with Gasteiger partial charge in [0.15, 0.2) is 5.96 Å². The molecule has 0 saturated heterocycles. The highest BCUT2D eigenvalue weighted by atomic mass is 19.1. The molecule has 0 radical (unpaired) electrons. The highest BCUT2D eigenvalue weighted by molar-refractivity contribution is 6.06. The second-order valence-electron chi connectivity index (χ2n) is 5.36. The van der Waals surface area contributed by atoms with Gasteiger partial charge in [0.1, 0.15) is 11.9 Å². The fourth-order valence-corrected chi connectivity index (χ4v) is 2.65. The van der Waals surface area contributed by atoms with Gasteiger partial charge in [-0.15, -0.1) is 0 Å². The molecule has 0 atom stereocenters. The maximum atomic E-state index is 14.6. The zero-order valence-corrected chi connectivity index (χ0v) is 13.0. The molecule has 4 N–H and O–H groups in total. The largest absolute Gasteiger partial charge is 0.370 e. The first kappa shape index (κ1) is 16.1. The van der Waals surface area contributed by atoms with Crippen molar-refractivity contribution in [2.75, 3.05) is 0 Å². The van der Waals surface area contributed by atoms with Crippen LogP contribution in [-0.2, 0) is 0 Å². The molecule has 25 heavy (non-hydrogen) atoms. The number of nitriles is 1. The second-order valence-corrected chi connectivity index (χ2v) is 5.36. The Morgan fingerprint density at radius 3 is 2.48 bits per heavy atom. The maximum Gasteiger partial charge on any atom is 0.280 e. The van der Waals surface area contributed by atoms with Crippen molar-refractivity contribution in [3.05, 3.63) is 71.5 Å². The first-order valence-corrected chi connectivity index (χ1v) is 7.37. The Morgan fingerprint density at radius 2 is 1.76 bits per heavy atom. The van der Waals surface area contributed by atoms with E-state index in [1.54, 1.807) is 42.5 Å². The number of halogens is 1. The van der Waals surface area contributed by atoms with Gasteiger partial charge in [0.2, 0.25) is 0 Å². The van der Waals surface area contributed by atoms with E-state index in [4.69, 9.17) is 16.7 Å². The fourth-order valence-electron chi connectivity index (χ4n) is 2.65. The number of guanidine groups is 1. The summed E-state index contributed by atoms with van der Waals surface area (Å²) in [5, 5.41) is 10.5. The van der Waals surface area contributed by atoms with Gasteiger partial charge in [-0.2, -0.15) is 10.3 Å². The van der Waals surface area contributed by atoms with Gasteiger partial charge < -0.3 is 11.5 Å². The molecule has 3 rings (SSSR count). The average molecular weight is 332 g/mol. The van der Waals surface area contributed by atoms with E-state index in [0.29, 0.717) is 10.9 Å². The van der Waals surface area contributed by atoms with Crippen LogP contribution in [0.5, 0.6) is 0 Å². The Morgan fingerprint density at radius 1 is 1.04 bits per heavy atom. The molecule has 0 aliphatic heterocycles. The number of carbonyl (C=O) groups is 1. The van der Waals surface area contributed by atoms with Gasteiger partial charge in [0.05, 0.1) is 5.56 Å². The van der Waals surface area contributed by atoms with Gasteiger partial charge >= 0.3 is 0 Å². The summed E-state index contributed by atoms with van der Waals surface area (Å²) >= 11 is 0. The molecular weight excluding hydrogens is 319 g/mol. The molecule has 0 fully saturated rings. The van der Waals surface area contributed by atoms with Gasteiger partial charge in [0, 0.05) is 11.1 Å². The van der Waals surface area contributed by atoms with Crippen LogP contribution in [0.3, 0.4) is 0 Å². The van der Waals surface area contributed by atoms with Gasteiger partial charge in [-0.1, -0.05) is 36.4 Å². The number of fused-ring (bicyclic) bond motifs is 1. The molecule has 0 bridgehead atoms. The average Bonchev–Trinajstić information content (AvgIpc) is 2.60. The van der Waals surface area contributed by atoms with Crippen molar-refractivity contribution in [2.24, 2.45) is 16.5 Å². The normalized spacial score (nSPS) is 10.2. The van der Waals surface area contributed by atoms with Crippen LogP contribution in [0.1, 0.15) is 15.9 Å². The minimum atomic E-state index is -0.599. The molecule has 0 aliphatic rings. The fraction of sp³-hybridized carbons (Fsp3) is 0. The molecule has 0 aromatic heterocycles. The Bertz CT molecular complexity index is 1060. The second kappa shape index (κ2) is 6.42. The third kappa shape index (κ3) is 3.03. The molecule has 0 aliphatic carbocycles. The SMILES string of the molecule is N#Cc1cccc(-c2cccc3ccc(C(=O)N=C(N)N)cc23)c1F. The Labute approximate surface area is 143 Å². The summed E-state index contributed by atoms with van der Waals surface area (Å²) in [6.45, 7) is 0. The third-order valence-corrected chi connectivity index (χ3v) is 3.77. The maximum absolute atomic E-state index is 14.6. The number of benzene rings is 3. The van der Waals surface area contributed by atoms with Crippen LogP contribution in [0.4, 0.5) is 4.39 Å². The van der Waals surface area contributed by atoms with Crippen LogP contribution in [0, 0.1) is 17.1 Å². The molecular formula is C19H13FN4O. The molecule has 0 spiro atoms. The summed E-state index contributed by atoms with van der Waals surface area (Å²) in [5.74, 6) is -1.51. The predicted octanol–water partition coefficient (Wildman–Crippen LogP) is 2.93. The first-order chi connectivity index (χ1) is 12.0. The monoisotopic (exact) mass is 332 g/mol. The number of nitrogens with two attached hydrogens (primary N) is 2. The smallest absolute Gasteiger partial charge is 0.280 e. The quantitative estimate of drug-likeness (QED) is 0.556. The lowest BCUT2D eigenvalue weighted by molar-refractivity contribution is 0.100. The van der Waals surface area contributed by atoms with Crippen LogP contribution < -0.4 is 11.5 Å². The third-order valence-electron chi connectivity index (χ3n) is 3.77. The summed E-state index contributed by atoms with van der Waals surface area (Å²) in [5.41, 5.74) is 11.6. The van der Waals surface area contributed by atoms with Crippen LogP contribution in [0.25, 0.3) is 21.9 Å². The highest BCUT2D eigenvalue weighted by Gasteiger charge is 2.14. The summed E-state index contributed by atoms with van der Waals surface area (Å²) in [6, 6.07) is 16.8. The summed E-state index contributed by atoms with van der Waals surface area (Å²) in [4.78, 5) is 15.6. The molecule has 122 valence electrons. The molecule has 6 heteroatoms.